The van der Waals surface area contributed by atoms with Gasteiger partial charge in [0.1, 0.15) is 0 Å². The molecule has 0 amide bonds. The van der Waals surface area contributed by atoms with Gasteiger partial charge in [-0.15, -0.1) is 0 Å². The highest BCUT2D eigenvalue weighted by Gasteiger charge is 2.06. The monoisotopic (exact) mass is 176 g/mol. The van der Waals surface area contributed by atoms with Crippen LogP contribution in [0.1, 0.15) is 5.56 Å². The highest BCUT2D eigenvalue weighted by molar-refractivity contribution is 6.81. The molecule has 1 aromatic rings. The Morgan fingerprint density at radius 3 is 2.08 bits per heavy atom. The van der Waals surface area contributed by atoms with Crippen molar-refractivity contribution in [3.63, 3.8) is 0 Å². The maximum Gasteiger partial charge on any atom is 0.0687 e. The Hall–Kier alpha value is -0.823. The quantitative estimate of drug-likeness (QED) is 0.604. The van der Waals surface area contributed by atoms with Crippen molar-refractivity contribution in [1.29, 1.82) is 0 Å². The maximum absolute atomic E-state index is 2.36. The summed E-state index contributed by atoms with van der Waals surface area (Å²) in [4.78, 5) is 0. The third-order valence-electron chi connectivity index (χ3n) is 1.58. The van der Waals surface area contributed by atoms with E-state index in [1.807, 2.05) is 6.07 Å². The Morgan fingerprint density at radius 1 is 1.00 bits per heavy atom. The molecule has 0 saturated heterocycles. The van der Waals surface area contributed by atoms with Gasteiger partial charge in [-0.05, 0) is 5.56 Å². The minimum Gasteiger partial charge on any atom is -0.0944 e. The molecule has 0 bridgehead atoms. The first-order valence-corrected chi connectivity index (χ1v) is 7.90. The fourth-order valence-corrected chi connectivity index (χ4v) is 1.60. The molecule has 0 aromatic heterocycles. The Labute approximate surface area is 75.9 Å². The smallest absolute Gasteiger partial charge is 0.0687 e. The van der Waals surface area contributed by atoms with Gasteiger partial charge in [0.05, 0.1) is 8.07 Å². The van der Waals surface area contributed by atoms with Crippen LogP contribution >= 0.6 is 0 Å². The fourth-order valence-electron chi connectivity index (χ4n) is 0.910. The molecule has 0 nitrogen and oxygen atoms in total. The lowest BCUT2D eigenvalue weighted by Crippen LogP contribution is -2.15. The Morgan fingerprint density at radius 2 is 1.58 bits per heavy atom. The van der Waals surface area contributed by atoms with E-state index in [4.69, 9.17) is 0 Å². The summed E-state index contributed by atoms with van der Waals surface area (Å²) in [6, 6.07) is 10.5. The molecule has 64 valence electrons. The van der Waals surface area contributed by atoms with Crippen LogP contribution in [0.4, 0.5) is 0 Å². The third-order valence-corrected chi connectivity index (χ3v) is 2.74. The molecule has 0 atom stereocenters. The van der Waals surface area contributed by atoms with Crippen molar-refractivity contribution in [2.75, 3.05) is 0 Å². The molecule has 0 aliphatic heterocycles. The molecule has 0 radical (unpaired) electrons. The number of rotatable bonds is 2. The lowest BCUT2D eigenvalue weighted by molar-refractivity contribution is 1.66. The van der Waals surface area contributed by atoms with Gasteiger partial charge >= 0.3 is 0 Å². The van der Waals surface area contributed by atoms with E-state index in [2.05, 4.69) is 55.7 Å². The molecule has 12 heavy (non-hydrogen) atoms. The van der Waals surface area contributed by atoms with Crippen LogP contribution in [0.15, 0.2) is 36.0 Å². The zero-order valence-electron chi connectivity index (χ0n) is 8.04. The van der Waals surface area contributed by atoms with Crippen molar-refractivity contribution >= 4 is 14.1 Å². The van der Waals surface area contributed by atoms with E-state index in [0.717, 1.165) is 0 Å². The molecular formula is C11H16Si. The van der Waals surface area contributed by atoms with E-state index < -0.39 is 8.07 Å². The van der Waals surface area contributed by atoms with Crippen molar-refractivity contribution in [2.45, 2.75) is 19.6 Å². The van der Waals surface area contributed by atoms with Crippen LogP contribution in [-0.2, 0) is 0 Å². The van der Waals surface area contributed by atoms with Gasteiger partial charge in [0, 0.05) is 0 Å². The van der Waals surface area contributed by atoms with Gasteiger partial charge in [0.15, 0.2) is 0 Å². The normalized spacial score (nSPS) is 12.2. The summed E-state index contributed by atoms with van der Waals surface area (Å²) in [5.41, 5.74) is 3.67. The Bertz CT molecular complexity index is 254. The van der Waals surface area contributed by atoms with Crippen molar-refractivity contribution in [3.8, 4) is 0 Å². The van der Waals surface area contributed by atoms with Gasteiger partial charge in [-0.3, -0.25) is 0 Å². The van der Waals surface area contributed by atoms with E-state index in [-0.39, 0.29) is 0 Å². The largest absolute Gasteiger partial charge is 0.0944 e. The van der Waals surface area contributed by atoms with Crippen molar-refractivity contribution in [3.05, 3.63) is 41.6 Å². The number of hydrogen-bond donors (Lipinski definition) is 0. The summed E-state index contributed by atoms with van der Waals surface area (Å²) in [5.74, 6) is 0. The van der Waals surface area contributed by atoms with Gasteiger partial charge in [0.2, 0.25) is 0 Å². The predicted molar refractivity (Wildman–Crippen MR) is 58.8 cm³/mol. The second kappa shape index (κ2) is 3.72. The SMILES string of the molecule is C[Si](C)(C)C=Cc1ccccc1. The standard InChI is InChI=1S/C11H16Si/c1-12(2,3)10-9-11-7-5-4-6-8-11/h4-10H,1-3H3. The topological polar surface area (TPSA) is 0 Å². The molecule has 0 unspecified atom stereocenters. The molecule has 1 aromatic carbocycles. The third kappa shape index (κ3) is 3.53. The van der Waals surface area contributed by atoms with Crippen LogP contribution in [0.25, 0.3) is 6.08 Å². The van der Waals surface area contributed by atoms with Gasteiger partial charge < -0.3 is 0 Å². The lowest BCUT2D eigenvalue weighted by atomic mass is 10.2. The molecule has 1 heteroatoms. The summed E-state index contributed by atoms with van der Waals surface area (Å²) < 4.78 is 0. The molecule has 0 spiro atoms. The predicted octanol–water partition coefficient (Wildman–Crippen LogP) is 3.58. The van der Waals surface area contributed by atoms with Crippen LogP contribution in [0, 0.1) is 0 Å². The highest BCUT2D eigenvalue weighted by Crippen LogP contribution is 2.07. The van der Waals surface area contributed by atoms with Crippen LogP contribution < -0.4 is 0 Å². The summed E-state index contributed by atoms with van der Waals surface area (Å²) >= 11 is 0. The average molecular weight is 176 g/mol. The molecule has 0 saturated carbocycles. The van der Waals surface area contributed by atoms with Crippen molar-refractivity contribution < 1.29 is 0 Å². The molecular weight excluding hydrogens is 160 g/mol. The zero-order chi connectivity index (χ0) is 9.03. The van der Waals surface area contributed by atoms with Crippen LogP contribution in [0.3, 0.4) is 0 Å². The van der Waals surface area contributed by atoms with E-state index in [1.165, 1.54) is 5.56 Å². The van der Waals surface area contributed by atoms with Crippen LogP contribution in [0.5, 0.6) is 0 Å². The molecule has 0 fully saturated rings. The Kier molecular flexibility index (Phi) is 2.87. The van der Waals surface area contributed by atoms with E-state index in [9.17, 15) is 0 Å². The van der Waals surface area contributed by atoms with Crippen molar-refractivity contribution in [2.24, 2.45) is 0 Å². The summed E-state index contributed by atoms with van der Waals surface area (Å²) in [6.07, 6.45) is 2.23. The first kappa shape index (κ1) is 9.27. The van der Waals surface area contributed by atoms with E-state index in [0.29, 0.717) is 0 Å². The number of hydrogen-bond acceptors (Lipinski definition) is 0. The van der Waals surface area contributed by atoms with Gasteiger partial charge in [-0.1, -0.05) is 61.7 Å². The van der Waals surface area contributed by atoms with Crippen molar-refractivity contribution in [1.82, 2.24) is 0 Å². The summed E-state index contributed by atoms with van der Waals surface area (Å²) in [7, 11) is -1.02. The van der Waals surface area contributed by atoms with Gasteiger partial charge in [-0.2, -0.15) is 0 Å². The van der Waals surface area contributed by atoms with E-state index >= 15 is 0 Å². The van der Waals surface area contributed by atoms with E-state index in [1.54, 1.807) is 0 Å². The Balaban J connectivity index is 2.71. The summed E-state index contributed by atoms with van der Waals surface area (Å²) in [5, 5.41) is 0. The second-order valence-corrected chi connectivity index (χ2v) is 9.18. The molecule has 0 N–H and O–H groups in total. The number of benzene rings is 1. The first-order valence-electron chi connectivity index (χ1n) is 4.32. The van der Waals surface area contributed by atoms with Crippen LogP contribution in [-0.4, -0.2) is 8.07 Å². The molecule has 0 aliphatic carbocycles. The summed E-state index contributed by atoms with van der Waals surface area (Å²) in [6.45, 7) is 7.02. The minimum atomic E-state index is -1.02. The van der Waals surface area contributed by atoms with Crippen LogP contribution in [0.2, 0.25) is 19.6 Å². The van der Waals surface area contributed by atoms with Gasteiger partial charge in [0.25, 0.3) is 0 Å². The zero-order valence-corrected chi connectivity index (χ0v) is 9.04. The molecule has 0 aliphatic rings. The fraction of sp³-hybridized carbons (Fsp3) is 0.273. The molecule has 0 heterocycles. The first-order chi connectivity index (χ1) is 5.58. The second-order valence-electron chi connectivity index (χ2n) is 4.11. The van der Waals surface area contributed by atoms with Gasteiger partial charge in [-0.25, -0.2) is 0 Å². The minimum absolute atomic E-state index is 1.02. The maximum atomic E-state index is 2.36. The average Bonchev–Trinajstić information content (AvgIpc) is 2.02. The lowest BCUT2D eigenvalue weighted by Gasteiger charge is -2.07. The molecule has 1 rings (SSSR count). The highest BCUT2D eigenvalue weighted by atomic mass is 28.3.